The van der Waals surface area contributed by atoms with Crippen LogP contribution >= 0.6 is 0 Å². The molecule has 2 rings (SSSR count). The van der Waals surface area contributed by atoms with Gasteiger partial charge in [-0.1, -0.05) is 0 Å². The van der Waals surface area contributed by atoms with Gasteiger partial charge < -0.3 is 19.9 Å². The lowest BCUT2D eigenvalue weighted by Crippen LogP contribution is -2.42. The summed E-state index contributed by atoms with van der Waals surface area (Å²) in [6.45, 7) is 5.93. The van der Waals surface area contributed by atoms with Gasteiger partial charge >= 0.3 is 0 Å². The third-order valence-electron chi connectivity index (χ3n) is 3.24. The molecule has 16 heavy (non-hydrogen) atoms. The molecule has 1 aliphatic heterocycles. The number of ether oxygens (including phenoxy) is 1. The molecule has 6 heteroatoms. The number of anilines is 1. The molecule has 0 saturated carbocycles. The maximum atomic E-state index is 6.00. The van der Waals surface area contributed by atoms with Crippen LogP contribution in [-0.2, 0) is 10.2 Å². The molecular formula is C10H18N4O2. The lowest BCUT2D eigenvalue weighted by Gasteiger charge is -2.21. The van der Waals surface area contributed by atoms with Crippen molar-refractivity contribution in [2.45, 2.75) is 25.3 Å². The Bertz CT molecular complexity index is 367. The van der Waals surface area contributed by atoms with Gasteiger partial charge in [-0.25, -0.2) is 0 Å². The molecule has 1 aromatic rings. The first-order chi connectivity index (χ1) is 7.58. The highest BCUT2D eigenvalue weighted by molar-refractivity contribution is 5.27. The van der Waals surface area contributed by atoms with Crippen molar-refractivity contribution in [1.29, 1.82) is 0 Å². The van der Waals surface area contributed by atoms with Crippen molar-refractivity contribution in [3.63, 3.8) is 0 Å². The van der Waals surface area contributed by atoms with Gasteiger partial charge in [-0.3, -0.25) is 0 Å². The van der Waals surface area contributed by atoms with Gasteiger partial charge in [0.05, 0.1) is 18.6 Å². The third-order valence-corrected chi connectivity index (χ3v) is 3.24. The normalized spacial score (nSPS) is 29.6. The van der Waals surface area contributed by atoms with Crippen molar-refractivity contribution >= 4 is 5.95 Å². The Hall–Kier alpha value is -1.14. The minimum Gasteiger partial charge on any atom is -0.379 e. The fraction of sp³-hybridized carbons (Fsp3) is 0.800. The van der Waals surface area contributed by atoms with E-state index in [0.29, 0.717) is 25.1 Å². The van der Waals surface area contributed by atoms with E-state index in [9.17, 15) is 0 Å². The summed E-state index contributed by atoms with van der Waals surface area (Å²) in [5.74, 6) is 1.16. The second kappa shape index (κ2) is 4.03. The molecule has 2 heterocycles. The van der Waals surface area contributed by atoms with E-state index in [1.165, 1.54) is 0 Å². The predicted molar refractivity (Wildman–Crippen MR) is 59.4 cm³/mol. The fourth-order valence-corrected chi connectivity index (χ4v) is 1.65. The smallest absolute Gasteiger partial charge is 0.265 e. The molecule has 1 saturated heterocycles. The minimum atomic E-state index is -0.361. The number of hydrogen-bond acceptors (Lipinski definition) is 6. The van der Waals surface area contributed by atoms with Crippen molar-refractivity contribution < 1.29 is 9.26 Å². The highest BCUT2D eigenvalue weighted by atomic mass is 16.5. The summed E-state index contributed by atoms with van der Waals surface area (Å²) in [6.07, 6.45) is 0. The van der Waals surface area contributed by atoms with Gasteiger partial charge in [0.15, 0.2) is 0 Å². The van der Waals surface area contributed by atoms with Gasteiger partial charge in [-0.2, -0.15) is 4.98 Å². The van der Waals surface area contributed by atoms with Crippen molar-refractivity contribution in [2.24, 2.45) is 5.73 Å². The Balaban J connectivity index is 2.24. The summed E-state index contributed by atoms with van der Waals surface area (Å²) in [6, 6.07) is -0.0901. The number of nitrogens with zero attached hydrogens (tertiary/aromatic N) is 3. The summed E-state index contributed by atoms with van der Waals surface area (Å²) in [4.78, 5) is 6.29. The molecule has 90 valence electrons. The van der Waals surface area contributed by atoms with E-state index in [1.54, 1.807) is 0 Å². The minimum absolute atomic E-state index is 0.0901. The zero-order chi connectivity index (χ0) is 11.8. The maximum absolute atomic E-state index is 6.00. The van der Waals surface area contributed by atoms with Crippen molar-refractivity contribution in [3.05, 3.63) is 5.89 Å². The van der Waals surface area contributed by atoms with Crippen LogP contribution in [0.25, 0.3) is 0 Å². The fourth-order valence-electron chi connectivity index (χ4n) is 1.65. The van der Waals surface area contributed by atoms with Crippen molar-refractivity contribution in [1.82, 2.24) is 10.1 Å². The van der Waals surface area contributed by atoms with Gasteiger partial charge in [-0.05, 0) is 19.0 Å². The Morgan fingerprint density at radius 3 is 2.94 bits per heavy atom. The van der Waals surface area contributed by atoms with Crippen LogP contribution in [0, 0.1) is 0 Å². The predicted octanol–water partition coefficient (Wildman–Crippen LogP) is 0.141. The first-order valence-corrected chi connectivity index (χ1v) is 5.46. The van der Waals surface area contributed by atoms with Crippen LogP contribution in [0.4, 0.5) is 5.95 Å². The first-order valence-electron chi connectivity index (χ1n) is 5.46. The Morgan fingerprint density at radius 1 is 1.62 bits per heavy atom. The van der Waals surface area contributed by atoms with Crippen molar-refractivity contribution in [2.75, 3.05) is 31.7 Å². The zero-order valence-electron chi connectivity index (χ0n) is 9.93. The summed E-state index contributed by atoms with van der Waals surface area (Å²) < 4.78 is 10.6. The highest BCUT2D eigenvalue weighted by Gasteiger charge is 2.44. The summed E-state index contributed by atoms with van der Waals surface area (Å²) in [5.41, 5.74) is 5.64. The first kappa shape index (κ1) is 11.3. The molecule has 0 aromatic carbocycles. The average molecular weight is 226 g/mol. The second-order valence-corrected chi connectivity index (χ2v) is 4.45. The standard InChI is InChI=1S/C10H18N4O2/c1-4-14(3)9-12-8(16-13-9)10(2)6-15-5-7(10)11/h7H,4-6,11H2,1-3H3. The van der Waals surface area contributed by atoms with E-state index in [4.69, 9.17) is 15.0 Å². The van der Waals surface area contributed by atoms with Crippen LogP contribution in [0.2, 0.25) is 0 Å². The topological polar surface area (TPSA) is 77.4 Å². The molecule has 1 aromatic heterocycles. The Kier molecular flexibility index (Phi) is 2.86. The molecule has 2 N–H and O–H groups in total. The Morgan fingerprint density at radius 2 is 2.38 bits per heavy atom. The van der Waals surface area contributed by atoms with Crippen LogP contribution in [0.15, 0.2) is 4.52 Å². The van der Waals surface area contributed by atoms with E-state index in [0.717, 1.165) is 6.54 Å². The number of rotatable bonds is 3. The summed E-state index contributed by atoms with van der Waals surface area (Å²) in [7, 11) is 1.92. The molecular weight excluding hydrogens is 208 g/mol. The molecule has 0 amide bonds. The van der Waals surface area contributed by atoms with E-state index in [-0.39, 0.29) is 11.5 Å². The summed E-state index contributed by atoms with van der Waals surface area (Å²) in [5, 5.41) is 3.94. The molecule has 0 bridgehead atoms. The molecule has 0 spiro atoms. The lowest BCUT2D eigenvalue weighted by atomic mass is 9.86. The van der Waals surface area contributed by atoms with E-state index >= 15 is 0 Å². The second-order valence-electron chi connectivity index (χ2n) is 4.45. The quantitative estimate of drug-likeness (QED) is 0.790. The molecule has 0 aliphatic carbocycles. The molecule has 6 nitrogen and oxygen atoms in total. The summed E-state index contributed by atoms with van der Waals surface area (Å²) >= 11 is 0. The van der Waals surface area contributed by atoms with Gasteiger partial charge in [0.25, 0.3) is 5.95 Å². The lowest BCUT2D eigenvalue weighted by molar-refractivity contribution is 0.169. The number of hydrogen-bond donors (Lipinski definition) is 1. The largest absolute Gasteiger partial charge is 0.379 e. The van der Waals surface area contributed by atoms with Gasteiger partial charge in [0, 0.05) is 19.6 Å². The van der Waals surface area contributed by atoms with Crippen LogP contribution in [-0.4, -0.2) is 43.0 Å². The van der Waals surface area contributed by atoms with Crippen LogP contribution < -0.4 is 10.6 Å². The molecule has 0 radical (unpaired) electrons. The maximum Gasteiger partial charge on any atom is 0.265 e. The monoisotopic (exact) mass is 226 g/mol. The van der Waals surface area contributed by atoms with Crippen LogP contribution in [0.1, 0.15) is 19.7 Å². The molecule has 1 fully saturated rings. The van der Waals surface area contributed by atoms with Gasteiger partial charge in [0.1, 0.15) is 0 Å². The van der Waals surface area contributed by atoms with Crippen LogP contribution in [0.5, 0.6) is 0 Å². The number of aromatic nitrogens is 2. The Labute approximate surface area is 94.7 Å². The molecule has 2 atom stereocenters. The number of nitrogens with two attached hydrogens (primary N) is 1. The van der Waals surface area contributed by atoms with Gasteiger partial charge in [0.2, 0.25) is 5.89 Å². The molecule has 1 aliphatic rings. The van der Waals surface area contributed by atoms with Gasteiger partial charge in [-0.15, -0.1) is 0 Å². The third kappa shape index (κ3) is 1.68. The van der Waals surface area contributed by atoms with Crippen LogP contribution in [0.3, 0.4) is 0 Å². The average Bonchev–Trinajstić information content (AvgIpc) is 2.87. The van der Waals surface area contributed by atoms with E-state index in [2.05, 4.69) is 10.1 Å². The zero-order valence-corrected chi connectivity index (χ0v) is 9.93. The molecule has 2 unspecified atom stereocenters. The van der Waals surface area contributed by atoms with Crippen molar-refractivity contribution in [3.8, 4) is 0 Å². The van der Waals surface area contributed by atoms with E-state index in [1.807, 2.05) is 25.8 Å². The highest BCUT2D eigenvalue weighted by Crippen LogP contribution is 2.31. The van der Waals surface area contributed by atoms with E-state index < -0.39 is 0 Å². The SMILES string of the molecule is CCN(C)c1noc(C2(C)COCC2N)n1.